The van der Waals surface area contributed by atoms with Crippen molar-refractivity contribution in [1.82, 2.24) is 9.13 Å². The molecular weight excluding hydrogens is 637 g/mol. The summed E-state index contributed by atoms with van der Waals surface area (Å²) in [6.45, 7) is 0. The third-order valence-electron chi connectivity index (χ3n) is 11.0. The van der Waals surface area contributed by atoms with Gasteiger partial charge in [-0.15, -0.1) is 11.3 Å². The van der Waals surface area contributed by atoms with Gasteiger partial charge in [-0.3, -0.25) is 0 Å². The molecule has 3 aromatic heterocycles. The highest BCUT2D eigenvalue weighted by molar-refractivity contribution is 7.26. The summed E-state index contributed by atoms with van der Waals surface area (Å²) in [6.07, 6.45) is 0. The number of thiophene rings is 1. The van der Waals surface area contributed by atoms with E-state index in [4.69, 9.17) is 0 Å². The molecule has 12 rings (SSSR count). The van der Waals surface area contributed by atoms with Crippen LogP contribution in [0.2, 0.25) is 0 Å². The van der Waals surface area contributed by atoms with Gasteiger partial charge in [0, 0.05) is 53.1 Å². The second kappa shape index (κ2) is 10.1. The van der Waals surface area contributed by atoms with Gasteiger partial charge >= 0.3 is 0 Å². The van der Waals surface area contributed by atoms with E-state index in [0.29, 0.717) is 0 Å². The highest BCUT2D eigenvalue weighted by Crippen LogP contribution is 2.47. The number of nitrogens with zero attached hydrogens (tertiary/aromatic N) is 2. The minimum Gasteiger partial charge on any atom is -0.309 e. The van der Waals surface area contributed by atoms with Crippen LogP contribution in [0, 0.1) is 0 Å². The van der Waals surface area contributed by atoms with Crippen LogP contribution in [-0.2, 0) is 0 Å². The van der Waals surface area contributed by atoms with E-state index in [-0.39, 0.29) is 0 Å². The largest absolute Gasteiger partial charge is 0.309 e. The average Bonchev–Trinajstić information content (AvgIpc) is 3.85. The second-order valence-corrected chi connectivity index (χ2v) is 14.8. The topological polar surface area (TPSA) is 9.86 Å². The molecule has 3 heteroatoms. The molecule has 2 nitrogen and oxygen atoms in total. The number of fused-ring (bicyclic) bond motifs is 9. The van der Waals surface area contributed by atoms with Crippen molar-refractivity contribution in [2.45, 2.75) is 0 Å². The number of benzene rings is 9. The van der Waals surface area contributed by atoms with E-state index < -0.39 is 0 Å². The van der Waals surface area contributed by atoms with Gasteiger partial charge in [-0.05, 0) is 99.4 Å². The Morgan fingerprint density at radius 3 is 1.47 bits per heavy atom. The highest BCUT2D eigenvalue weighted by Gasteiger charge is 2.20. The van der Waals surface area contributed by atoms with Crippen LogP contribution < -0.4 is 0 Å². The first-order valence-electron chi connectivity index (χ1n) is 17.5. The lowest BCUT2D eigenvalue weighted by Gasteiger charge is -2.13. The molecule has 0 atom stereocenters. The van der Waals surface area contributed by atoms with Crippen LogP contribution in [0.5, 0.6) is 0 Å². The summed E-state index contributed by atoms with van der Waals surface area (Å²) in [5, 5.41) is 13.2. The molecule has 0 saturated heterocycles. The maximum absolute atomic E-state index is 2.48. The molecule has 0 fully saturated rings. The molecule has 0 amide bonds. The zero-order valence-corrected chi connectivity index (χ0v) is 28.3. The number of aromatic nitrogens is 2. The Balaban J connectivity index is 1.09. The monoisotopic (exact) mass is 664 g/mol. The minimum absolute atomic E-state index is 1.18. The fraction of sp³-hybridized carbons (Fsp3) is 0. The van der Waals surface area contributed by atoms with Crippen molar-refractivity contribution in [2.75, 3.05) is 0 Å². The molecule has 0 N–H and O–H groups in total. The summed E-state index contributed by atoms with van der Waals surface area (Å²) >= 11 is 1.91. The van der Waals surface area contributed by atoms with Crippen LogP contribution in [0.1, 0.15) is 0 Å². The quantitative estimate of drug-likeness (QED) is 0.166. The lowest BCUT2D eigenvalue weighted by Crippen LogP contribution is -1.94. The van der Waals surface area contributed by atoms with E-state index >= 15 is 0 Å². The summed E-state index contributed by atoms with van der Waals surface area (Å²) in [4.78, 5) is 0. The molecule has 236 valence electrons. The molecule has 51 heavy (non-hydrogen) atoms. The number of para-hydroxylation sites is 3. The van der Waals surface area contributed by atoms with Gasteiger partial charge in [0.15, 0.2) is 0 Å². The Morgan fingerprint density at radius 2 is 0.804 bits per heavy atom. The van der Waals surface area contributed by atoms with Gasteiger partial charge in [0.25, 0.3) is 0 Å². The van der Waals surface area contributed by atoms with Gasteiger partial charge in [0.05, 0.1) is 22.1 Å². The maximum atomic E-state index is 2.48. The van der Waals surface area contributed by atoms with Crippen molar-refractivity contribution < 1.29 is 0 Å². The maximum Gasteiger partial charge on any atom is 0.0541 e. The zero-order chi connectivity index (χ0) is 33.2. The van der Waals surface area contributed by atoms with E-state index in [1.165, 1.54) is 108 Å². The van der Waals surface area contributed by atoms with Crippen LogP contribution in [0.15, 0.2) is 170 Å². The second-order valence-electron chi connectivity index (χ2n) is 13.7. The predicted octanol–water partition coefficient (Wildman–Crippen LogP) is 13.7. The lowest BCUT2D eigenvalue weighted by molar-refractivity contribution is 1.18. The summed E-state index contributed by atoms with van der Waals surface area (Å²) < 4.78 is 7.55. The Labute approximate surface area is 297 Å². The van der Waals surface area contributed by atoms with E-state index in [1.54, 1.807) is 0 Å². The van der Waals surface area contributed by atoms with Gasteiger partial charge in [0.2, 0.25) is 0 Å². The Morgan fingerprint density at radius 1 is 0.294 bits per heavy atom. The number of rotatable bonds is 3. The molecule has 0 aliphatic rings. The summed E-state index contributed by atoms with van der Waals surface area (Å²) in [7, 11) is 0. The van der Waals surface area contributed by atoms with Crippen LogP contribution in [-0.4, -0.2) is 9.13 Å². The zero-order valence-electron chi connectivity index (χ0n) is 27.5. The highest BCUT2D eigenvalue weighted by atomic mass is 32.1. The van der Waals surface area contributed by atoms with Gasteiger partial charge in [0.1, 0.15) is 0 Å². The first kappa shape index (κ1) is 27.4. The third kappa shape index (κ3) is 3.71. The van der Waals surface area contributed by atoms with E-state index in [2.05, 4.69) is 179 Å². The fourth-order valence-corrected chi connectivity index (χ4v) is 10.1. The molecular formula is C48H28N2S. The predicted molar refractivity (Wildman–Crippen MR) is 220 cm³/mol. The van der Waals surface area contributed by atoms with E-state index in [1.807, 2.05) is 11.3 Å². The molecule has 0 aliphatic heterocycles. The summed E-state index contributed by atoms with van der Waals surface area (Å²) in [6, 6.07) is 62.8. The van der Waals surface area contributed by atoms with Crippen molar-refractivity contribution in [3.05, 3.63) is 170 Å². The van der Waals surface area contributed by atoms with Gasteiger partial charge in [-0.2, -0.15) is 0 Å². The van der Waals surface area contributed by atoms with Crippen LogP contribution in [0.3, 0.4) is 0 Å². The molecule has 0 unspecified atom stereocenters. The fourth-order valence-electron chi connectivity index (χ4n) is 8.89. The minimum atomic E-state index is 1.18. The van der Waals surface area contributed by atoms with Gasteiger partial charge in [-0.1, -0.05) is 103 Å². The van der Waals surface area contributed by atoms with Crippen molar-refractivity contribution in [3.8, 4) is 22.5 Å². The van der Waals surface area contributed by atoms with Crippen LogP contribution >= 0.6 is 11.3 Å². The van der Waals surface area contributed by atoms with Crippen LogP contribution in [0.4, 0.5) is 0 Å². The Hall–Kier alpha value is -6.42. The van der Waals surface area contributed by atoms with E-state index in [9.17, 15) is 0 Å². The van der Waals surface area contributed by atoms with Gasteiger partial charge < -0.3 is 9.13 Å². The molecule has 3 heterocycles. The normalized spacial score (nSPS) is 12.3. The third-order valence-corrected chi connectivity index (χ3v) is 12.1. The first-order chi connectivity index (χ1) is 25.3. The molecule has 0 aliphatic carbocycles. The Kier molecular flexibility index (Phi) is 5.41. The van der Waals surface area contributed by atoms with Crippen molar-refractivity contribution >= 4 is 96.7 Å². The van der Waals surface area contributed by atoms with Gasteiger partial charge in [-0.25, -0.2) is 0 Å². The molecule has 0 saturated carbocycles. The Bertz CT molecular complexity index is 3360. The molecule has 0 bridgehead atoms. The summed E-state index contributed by atoms with van der Waals surface area (Å²) in [5.74, 6) is 0. The van der Waals surface area contributed by atoms with Crippen LogP contribution in [0.25, 0.3) is 108 Å². The first-order valence-corrected chi connectivity index (χ1v) is 18.3. The van der Waals surface area contributed by atoms with E-state index in [0.717, 1.165) is 0 Å². The average molecular weight is 665 g/mol. The molecule has 0 spiro atoms. The number of hydrogen-bond donors (Lipinski definition) is 0. The lowest BCUT2D eigenvalue weighted by atomic mass is 9.94. The van der Waals surface area contributed by atoms with Crippen molar-refractivity contribution in [3.63, 3.8) is 0 Å². The van der Waals surface area contributed by atoms with Crippen molar-refractivity contribution in [2.24, 2.45) is 0 Å². The summed E-state index contributed by atoms with van der Waals surface area (Å²) in [5.41, 5.74) is 9.72. The molecule has 0 radical (unpaired) electrons. The van der Waals surface area contributed by atoms with Crippen molar-refractivity contribution in [1.29, 1.82) is 0 Å². The smallest absolute Gasteiger partial charge is 0.0541 e. The molecule has 9 aromatic carbocycles. The number of hydrogen-bond acceptors (Lipinski definition) is 1. The SMILES string of the molecule is c1ccc(-n2c3ccccc3c3cc(-c4ccc5c(c4)c4ccccc4n5-c4cc5sc6cccc7c8ccccc8c(c4)c5c67)ccc32)cc1. The molecule has 12 aromatic rings. The standard InChI is InChI=1S/C48H28N2S/c1-2-11-31(12-3-1)49-41-18-8-6-15-35(41)38-25-29(21-23-43(38)49)30-22-24-44-39(26-30)36-16-7-9-19-42(36)50(44)32-27-40-34-14-5-4-13-33(34)37-17-10-20-45-47(37)48(40)46(28-32)51-45/h1-28H.